The Balaban J connectivity index is 1.96. The summed E-state index contributed by atoms with van der Waals surface area (Å²) in [6.07, 6.45) is 0. The minimum atomic E-state index is 0.285. The van der Waals surface area contributed by atoms with E-state index in [4.69, 9.17) is 5.26 Å². The Hall–Kier alpha value is -1.63. The maximum absolute atomic E-state index is 8.75. The summed E-state index contributed by atoms with van der Waals surface area (Å²) in [5, 5.41) is 12.2. The number of nitrogens with zero attached hydrogens (tertiary/aromatic N) is 1. The van der Waals surface area contributed by atoms with E-state index in [1.54, 1.807) is 0 Å². The fraction of sp³-hybridized carbons (Fsp3) is 0.188. The van der Waals surface area contributed by atoms with Gasteiger partial charge in [0.25, 0.3) is 0 Å². The molecule has 2 rings (SSSR count). The highest BCUT2D eigenvalue weighted by atomic mass is 79.9. The molecule has 0 saturated heterocycles. The van der Waals surface area contributed by atoms with E-state index in [0.717, 1.165) is 11.0 Å². The topological polar surface area (TPSA) is 35.8 Å². The molecule has 1 atom stereocenters. The molecule has 3 heteroatoms. The molecule has 0 heterocycles. The van der Waals surface area contributed by atoms with Gasteiger partial charge in [0.2, 0.25) is 0 Å². The Morgan fingerprint density at radius 3 is 2.58 bits per heavy atom. The second-order valence-electron chi connectivity index (χ2n) is 4.47. The second kappa shape index (κ2) is 6.51. The maximum Gasteiger partial charge on any atom is 0.0991 e. The van der Waals surface area contributed by atoms with Crippen LogP contribution in [-0.2, 0) is 6.54 Å². The van der Waals surface area contributed by atoms with Crippen LogP contribution in [0, 0.1) is 11.3 Å². The van der Waals surface area contributed by atoms with Gasteiger partial charge in [0.1, 0.15) is 0 Å². The highest BCUT2D eigenvalue weighted by Crippen LogP contribution is 2.18. The van der Waals surface area contributed by atoms with E-state index < -0.39 is 0 Å². The lowest BCUT2D eigenvalue weighted by molar-refractivity contribution is 0.574. The van der Waals surface area contributed by atoms with Crippen molar-refractivity contribution in [2.75, 3.05) is 0 Å². The van der Waals surface area contributed by atoms with Gasteiger partial charge in [-0.2, -0.15) is 5.26 Å². The van der Waals surface area contributed by atoms with Crippen molar-refractivity contribution in [3.05, 3.63) is 69.7 Å². The second-order valence-corrected chi connectivity index (χ2v) is 5.38. The summed E-state index contributed by atoms with van der Waals surface area (Å²) >= 11 is 3.48. The first-order valence-electron chi connectivity index (χ1n) is 6.17. The van der Waals surface area contributed by atoms with E-state index in [1.165, 1.54) is 11.1 Å². The van der Waals surface area contributed by atoms with Gasteiger partial charge in [-0.3, -0.25) is 0 Å². The molecule has 0 fully saturated rings. The van der Waals surface area contributed by atoms with Gasteiger partial charge in [-0.15, -0.1) is 0 Å². The van der Waals surface area contributed by atoms with Crippen molar-refractivity contribution in [3.8, 4) is 6.07 Å². The normalized spacial score (nSPS) is 11.8. The number of hydrogen-bond acceptors (Lipinski definition) is 2. The van der Waals surface area contributed by atoms with Crippen LogP contribution >= 0.6 is 15.9 Å². The lowest BCUT2D eigenvalue weighted by Gasteiger charge is -2.14. The molecule has 0 aliphatic rings. The predicted octanol–water partition coefficient (Wildman–Crippen LogP) is 4.17. The molecule has 0 aliphatic heterocycles. The van der Waals surface area contributed by atoms with Crippen LogP contribution < -0.4 is 5.32 Å². The summed E-state index contributed by atoms with van der Waals surface area (Å²) in [7, 11) is 0. The van der Waals surface area contributed by atoms with Crippen LogP contribution in [0.5, 0.6) is 0 Å². The Labute approximate surface area is 122 Å². The van der Waals surface area contributed by atoms with Crippen LogP contribution in [0.2, 0.25) is 0 Å². The van der Waals surface area contributed by atoms with Crippen LogP contribution in [0.3, 0.4) is 0 Å². The molecule has 0 aromatic heterocycles. The van der Waals surface area contributed by atoms with Crippen molar-refractivity contribution in [1.29, 1.82) is 5.26 Å². The third-order valence-corrected chi connectivity index (χ3v) is 3.54. The van der Waals surface area contributed by atoms with Crippen LogP contribution in [0.15, 0.2) is 53.0 Å². The minimum Gasteiger partial charge on any atom is -0.306 e. The number of hydrogen-bond donors (Lipinski definition) is 1. The summed E-state index contributed by atoms with van der Waals surface area (Å²) in [4.78, 5) is 0. The van der Waals surface area contributed by atoms with E-state index in [1.807, 2.05) is 36.4 Å². The molecule has 0 radical (unpaired) electrons. The summed E-state index contributed by atoms with van der Waals surface area (Å²) in [5.74, 6) is 0. The molecule has 0 bridgehead atoms. The Morgan fingerprint density at radius 2 is 1.95 bits per heavy atom. The maximum atomic E-state index is 8.75. The van der Waals surface area contributed by atoms with E-state index >= 15 is 0 Å². The van der Waals surface area contributed by atoms with Crippen LogP contribution in [0.1, 0.15) is 29.7 Å². The zero-order valence-electron chi connectivity index (χ0n) is 10.7. The average Bonchev–Trinajstić information content (AvgIpc) is 2.45. The highest BCUT2D eigenvalue weighted by Gasteiger charge is 2.05. The lowest BCUT2D eigenvalue weighted by Crippen LogP contribution is -2.18. The van der Waals surface area contributed by atoms with Crippen molar-refractivity contribution in [2.24, 2.45) is 0 Å². The van der Waals surface area contributed by atoms with Crippen LogP contribution in [0.4, 0.5) is 0 Å². The molecular weight excluding hydrogens is 300 g/mol. The van der Waals surface area contributed by atoms with Gasteiger partial charge in [0.15, 0.2) is 0 Å². The van der Waals surface area contributed by atoms with Crippen molar-refractivity contribution in [3.63, 3.8) is 0 Å². The molecule has 2 nitrogen and oxygen atoms in total. The standard InChI is InChI=1S/C16H15BrN2/c1-12(15-3-2-4-16(17)9-15)19-11-14-7-5-13(10-18)6-8-14/h2-9,12,19H,11H2,1H3/t12-/m0/s1. The largest absolute Gasteiger partial charge is 0.306 e. The van der Waals surface area contributed by atoms with Crippen molar-refractivity contribution in [2.45, 2.75) is 19.5 Å². The summed E-state index contributed by atoms with van der Waals surface area (Å²) in [6.45, 7) is 2.94. The predicted molar refractivity (Wildman–Crippen MR) is 80.6 cm³/mol. The summed E-state index contributed by atoms with van der Waals surface area (Å²) in [5.41, 5.74) is 3.13. The van der Waals surface area contributed by atoms with Gasteiger partial charge in [-0.05, 0) is 42.3 Å². The first-order chi connectivity index (χ1) is 9.19. The molecule has 19 heavy (non-hydrogen) atoms. The first kappa shape index (κ1) is 13.8. The molecular formula is C16H15BrN2. The zero-order valence-corrected chi connectivity index (χ0v) is 12.3. The Bertz CT molecular complexity index is 584. The molecule has 0 aliphatic carbocycles. The fourth-order valence-electron chi connectivity index (χ4n) is 1.86. The molecule has 1 N–H and O–H groups in total. The van der Waals surface area contributed by atoms with Crippen molar-refractivity contribution >= 4 is 15.9 Å². The van der Waals surface area contributed by atoms with Gasteiger partial charge < -0.3 is 5.32 Å². The summed E-state index contributed by atoms with van der Waals surface area (Å²) < 4.78 is 1.09. The number of halogens is 1. The van der Waals surface area contributed by atoms with Gasteiger partial charge >= 0.3 is 0 Å². The van der Waals surface area contributed by atoms with Crippen LogP contribution in [-0.4, -0.2) is 0 Å². The first-order valence-corrected chi connectivity index (χ1v) is 6.96. The van der Waals surface area contributed by atoms with Crippen molar-refractivity contribution < 1.29 is 0 Å². The number of nitriles is 1. The number of benzene rings is 2. The molecule has 96 valence electrons. The highest BCUT2D eigenvalue weighted by molar-refractivity contribution is 9.10. The van der Waals surface area contributed by atoms with Crippen LogP contribution in [0.25, 0.3) is 0 Å². The van der Waals surface area contributed by atoms with E-state index in [-0.39, 0.29) is 6.04 Å². The molecule has 2 aromatic carbocycles. The quantitative estimate of drug-likeness (QED) is 0.919. The number of nitrogens with one attached hydrogen (secondary N) is 1. The lowest BCUT2D eigenvalue weighted by atomic mass is 10.1. The zero-order chi connectivity index (χ0) is 13.7. The summed E-state index contributed by atoms with van der Waals surface area (Å²) in [6, 6.07) is 18.4. The third kappa shape index (κ3) is 3.92. The average molecular weight is 315 g/mol. The van der Waals surface area contributed by atoms with Gasteiger partial charge in [0, 0.05) is 17.1 Å². The monoisotopic (exact) mass is 314 g/mol. The molecule has 0 amide bonds. The Morgan fingerprint density at radius 1 is 1.21 bits per heavy atom. The van der Waals surface area contributed by atoms with Gasteiger partial charge in [0.05, 0.1) is 11.6 Å². The third-order valence-electron chi connectivity index (χ3n) is 3.04. The molecule has 0 unspecified atom stereocenters. The number of rotatable bonds is 4. The van der Waals surface area contributed by atoms with Gasteiger partial charge in [-0.1, -0.05) is 40.2 Å². The van der Waals surface area contributed by atoms with E-state index in [2.05, 4.69) is 46.4 Å². The fourth-order valence-corrected chi connectivity index (χ4v) is 2.28. The smallest absolute Gasteiger partial charge is 0.0991 e. The molecule has 0 spiro atoms. The van der Waals surface area contributed by atoms with E-state index in [0.29, 0.717) is 5.56 Å². The minimum absolute atomic E-state index is 0.285. The molecule has 0 saturated carbocycles. The Kier molecular flexibility index (Phi) is 4.73. The van der Waals surface area contributed by atoms with Crippen molar-refractivity contribution in [1.82, 2.24) is 5.32 Å². The van der Waals surface area contributed by atoms with E-state index in [9.17, 15) is 0 Å². The van der Waals surface area contributed by atoms with Gasteiger partial charge in [-0.25, -0.2) is 0 Å². The molecule has 2 aromatic rings. The SMILES string of the molecule is C[C@H](NCc1ccc(C#N)cc1)c1cccc(Br)c1.